The van der Waals surface area contributed by atoms with E-state index < -0.39 is 0 Å². The first-order chi connectivity index (χ1) is 7.59. The van der Waals surface area contributed by atoms with Gasteiger partial charge >= 0.3 is 0 Å². The van der Waals surface area contributed by atoms with Gasteiger partial charge in [-0.25, -0.2) is 0 Å². The van der Waals surface area contributed by atoms with Gasteiger partial charge in [-0.15, -0.1) is 0 Å². The lowest BCUT2D eigenvalue weighted by Gasteiger charge is -2.22. The van der Waals surface area contributed by atoms with Crippen LogP contribution in [0, 0.1) is 6.92 Å². The third kappa shape index (κ3) is 2.07. The Morgan fingerprint density at radius 2 is 2.12 bits per heavy atom. The number of ether oxygens (including phenoxy) is 2. The minimum Gasteiger partial charge on any atom is -0.486 e. The van der Waals surface area contributed by atoms with E-state index >= 15 is 0 Å². The number of rotatable bonds is 2. The standard InChI is InChI=1S/C12H13BrO3/c1-7-5-10-12(16-4-3-15-10)11(13)9(7)6-8(2)14/h5H,3-4,6H2,1-2H3. The third-order valence-corrected chi connectivity index (χ3v) is 3.36. The van der Waals surface area contributed by atoms with Gasteiger partial charge in [0.15, 0.2) is 11.5 Å². The number of benzene rings is 1. The molecule has 0 amide bonds. The molecule has 0 aromatic heterocycles. The number of hydrogen-bond acceptors (Lipinski definition) is 3. The van der Waals surface area contributed by atoms with E-state index in [9.17, 15) is 4.79 Å². The number of halogens is 1. The molecule has 1 aromatic carbocycles. The Bertz CT molecular complexity index is 440. The topological polar surface area (TPSA) is 35.5 Å². The lowest BCUT2D eigenvalue weighted by atomic mass is 10.0. The summed E-state index contributed by atoms with van der Waals surface area (Å²) in [4.78, 5) is 11.2. The molecule has 0 fully saturated rings. The lowest BCUT2D eigenvalue weighted by Crippen LogP contribution is -2.17. The van der Waals surface area contributed by atoms with Gasteiger partial charge in [0.05, 0.1) is 4.47 Å². The Morgan fingerprint density at radius 1 is 1.44 bits per heavy atom. The van der Waals surface area contributed by atoms with Crippen molar-refractivity contribution in [2.75, 3.05) is 13.2 Å². The van der Waals surface area contributed by atoms with Crippen LogP contribution >= 0.6 is 15.9 Å². The second kappa shape index (κ2) is 4.45. The van der Waals surface area contributed by atoms with Crippen LogP contribution in [0.3, 0.4) is 0 Å². The smallest absolute Gasteiger partial charge is 0.175 e. The van der Waals surface area contributed by atoms with E-state index in [4.69, 9.17) is 9.47 Å². The molecule has 0 aliphatic carbocycles. The van der Waals surface area contributed by atoms with Crippen molar-refractivity contribution in [3.05, 3.63) is 21.7 Å². The zero-order valence-corrected chi connectivity index (χ0v) is 10.9. The molecule has 16 heavy (non-hydrogen) atoms. The van der Waals surface area contributed by atoms with Gasteiger partial charge in [0.1, 0.15) is 19.0 Å². The number of carbonyl (C=O) groups excluding carboxylic acids is 1. The highest BCUT2D eigenvalue weighted by atomic mass is 79.9. The predicted molar refractivity (Wildman–Crippen MR) is 64.3 cm³/mol. The largest absolute Gasteiger partial charge is 0.486 e. The molecule has 0 atom stereocenters. The van der Waals surface area contributed by atoms with Crippen molar-refractivity contribution in [1.82, 2.24) is 0 Å². The number of ketones is 1. The molecule has 0 N–H and O–H groups in total. The van der Waals surface area contributed by atoms with Crippen LogP contribution < -0.4 is 9.47 Å². The van der Waals surface area contributed by atoms with Gasteiger partial charge in [-0.2, -0.15) is 0 Å². The monoisotopic (exact) mass is 284 g/mol. The fraction of sp³-hybridized carbons (Fsp3) is 0.417. The van der Waals surface area contributed by atoms with E-state index in [1.54, 1.807) is 6.92 Å². The van der Waals surface area contributed by atoms with E-state index in [1.165, 1.54) is 0 Å². The van der Waals surface area contributed by atoms with Gasteiger partial charge in [0.25, 0.3) is 0 Å². The first kappa shape index (κ1) is 11.5. The highest BCUT2D eigenvalue weighted by molar-refractivity contribution is 9.10. The number of fused-ring (bicyclic) bond motifs is 1. The van der Waals surface area contributed by atoms with Crippen molar-refractivity contribution >= 4 is 21.7 Å². The molecular formula is C12H13BrO3. The summed E-state index contributed by atoms with van der Waals surface area (Å²) in [5, 5.41) is 0. The van der Waals surface area contributed by atoms with Crippen LogP contribution in [0.4, 0.5) is 0 Å². The number of hydrogen-bond donors (Lipinski definition) is 0. The summed E-state index contributed by atoms with van der Waals surface area (Å²) in [5.74, 6) is 1.61. The molecule has 0 saturated carbocycles. The number of Topliss-reactive ketones (excluding diaryl/α,β-unsaturated/α-hetero) is 1. The summed E-state index contributed by atoms with van der Waals surface area (Å²) >= 11 is 3.49. The van der Waals surface area contributed by atoms with Gasteiger partial charge < -0.3 is 9.47 Å². The van der Waals surface area contributed by atoms with E-state index in [1.807, 2.05) is 13.0 Å². The molecule has 0 saturated heterocycles. The fourth-order valence-corrected chi connectivity index (χ4v) is 2.53. The summed E-state index contributed by atoms with van der Waals surface area (Å²) in [6, 6.07) is 1.93. The maximum absolute atomic E-state index is 11.2. The van der Waals surface area contributed by atoms with Gasteiger partial charge in [-0.1, -0.05) is 0 Å². The minimum atomic E-state index is 0.139. The molecule has 3 nitrogen and oxygen atoms in total. The fourth-order valence-electron chi connectivity index (χ4n) is 1.77. The van der Waals surface area contributed by atoms with Crippen molar-refractivity contribution in [1.29, 1.82) is 0 Å². The summed E-state index contributed by atoms with van der Waals surface area (Å²) in [7, 11) is 0. The van der Waals surface area contributed by atoms with Crippen molar-refractivity contribution in [2.24, 2.45) is 0 Å². The molecule has 0 radical (unpaired) electrons. The van der Waals surface area contributed by atoms with Crippen molar-refractivity contribution in [3.63, 3.8) is 0 Å². The number of aryl methyl sites for hydroxylation is 1. The molecular weight excluding hydrogens is 272 g/mol. The van der Waals surface area contributed by atoms with Gasteiger partial charge in [0.2, 0.25) is 0 Å². The second-order valence-electron chi connectivity index (χ2n) is 3.89. The average Bonchev–Trinajstić information content (AvgIpc) is 2.24. The number of carbonyl (C=O) groups is 1. The normalized spacial score (nSPS) is 13.7. The van der Waals surface area contributed by atoms with Crippen LogP contribution in [0.2, 0.25) is 0 Å². The van der Waals surface area contributed by atoms with Crippen LogP contribution in [-0.4, -0.2) is 19.0 Å². The molecule has 2 rings (SSSR count). The van der Waals surface area contributed by atoms with Crippen molar-refractivity contribution in [3.8, 4) is 11.5 Å². The quantitative estimate of drug-likeness (QED) is 0.838. The van der Waals surface area contributed by atoms with Gasteiger partial charge in [0, 0.05) is 6.42 Å². The van der Waals surface area contributed by atoms with Crippen LogP contribution in [-0.2, 0) is 11.2 Å². The van der Waals surface area contributed by atoms with Crippen LogP contribution in [0.25, 0.3) is 0 Å². The molecule has 0 bridgehead atoms. The minimum absolute atomic E-state index is 0.139. The Balaban J connectivity index is 2.49. The maximum atomic E-state index is 11.2. The SMILES string of the molecule is CC(=O)Cc1c(C)cc2c(c1Br)OCCO2. The summed E-state index contributed by atoms with van der Waals surface area (Å²) < 4.78 is 11.9. The van der Waals surface area contributed by atoms with Crippen LogP contribution in [0.15, 0.2) is 10.5 Å². The van der Waals surface area contributed by atoms with Gasteiger partial charge in [-0.05, 0) is 47.0 Å². The molecule has 86 valence electrons. The molecule has 0 spiro atoms. The van der Waals surface area contributed by atoms with E-state index in [0.717, 1.165) is 21.3 Å². The Labute approximate surface area is 103 Å². The summed E-state index contributed by atoms with van der Waals surface area (Å²) in [5.41, 5.74) is 2.03. The van der Waals surface area contributed by atoms with Crippen molar-refractivity contribution < 1.29 is 14.3 Å². The Hall–Kier alpha value is -1.03. The molecule has 1 aliphatic rings. The highest BCUT2D eigenvalue weighted by Crippen LogP contribution is 2.41. The third-order valence-electron chi connectivity index (χ3n) is 2.52. The van der Waals surface area contributed by atoms with Crippen molar-refractivity contribution in [2.45, 2.75) is 20.3 Å². The molecule has 1 aliphatic heterocycles. The molecule has 0 unspecified atom stereocenters. The van der Waals surface area contributed by atoms with E-state index in [2.05, 4.69) is 15.9 Å². The first-order valence-corrected chi connectivity index (χ1v) is 5.96. The highest BCUT2D eigenvalue weighted by Gasteiger charge is 2.20. The zero-order chi connectivity index (χ0) is 11.7. The second-order valence-corrected chi connectivity index (χ2v) is 4.68. The van der Waals surface area contributed by atoms with Crippen LogP contribution in [0.5, 0.6) is 11.5 Å². The Morgan fingerprint density at radius 3 is 2.81 bits per heavy atom. The first-order valence-electron chi connectivity index (χ1n) is 5.16. The molecule has 1 heterocycles. The zero-order valence-electron chi connectivity index (χ0n) is 9.30. The lowest BCUT2D eigenvalue weighted by molar-refractivity contribution is -0.116. The summed E-state index contributed by atoms with van der Waals surface area (Å²) in [6.07, 6.45) is 0.420. The maximum Gasteiger partial charge on any atom is 0.175 e. The molecule has 4 heteroatoms. The molecule has 1 aromatic rings. The van der Waals surface area contributed by atoms with E-state index in [-0.39, 0.29) is 5.78 Å². The van der Waals surface area contributed by atoms with E-state index in [0.29, 0.717) is 25.4 Å². The Kier molecular flexibility index (Phi) is 3.19. The predicted octanol–water partition coefficient (Wildman–Crippen LogP) is 2.66. The van der Waals surface area contributed by atoms with Gasteiger partial charge in [-0.3, -0.25) is 4.79 Å². The van der Waals surface area contributed by atoms with Crippen LogP contribution in [0.1, 0.15) is 18.1 Å². The average molecular weight is 285 g/mol. The summed E-state index contributed by atoms with van der Waals surface area (Å²) in [6.45, 7) is 4.68.